The fraction of sp³-hybridized carbons (Fsp3) is 0.143. The summed E-state index contributed by atoms with van der Waals surface area (Å²) < 4.78 is 26.8. The van der Waals surface area contributed by atoms with Gasteiger partial charge in [-0.15, -0.1) is 0 Å². The van der Waals surface area contributed by atoms with Gasteiger partial charge in [0.05, 0.1) is 15.6 Å². The number of hydrogen-bond donors (Lipinski definition) is 2. The molecule has 2 N–H and O–H groups in total. The maximum absolute atomic E-state index is 12.2. The van der Waals surface area contributed by atoms with E-state index >= 15 is 0 Å². The van der Waals surface area contributed by atoms with Gasteiger partial charge in [0.2, 0.25) is 0 Å². The predicted octanol–water partition coefficient (Wildman–Crippen LogP) is 3.46. The molecule has 20 heavy (non-hydrogen) atoms. The van der Waals surface area contributed by atoms with Gasteiger partial charge < -0.3 is 5.11 Å². The average Bonchev–Trinajstić information content (AvgIpc) is 2.36. The third kappa shape index (κ3) is 3.05. The summed E-state index contributed by atoms with van der Waals surface area (Å²) in [5.41, 5.74) is 1.69. The summed E-state index contributed by atoms with van der Waals surface area (Å²) in [6.45, 7) is 3.55. The van der Waals surface area contributed by atoms with Gasteiger partial charge in [-0.1, -0.05) is 29.3 Å². The average molecular weight is 312 g/mol. The van der Waals surface area contributed by atoms with Gasteiger partial charge in [-0.25, -0.2) is 8.42 Å². The number of nitrogens with one attached hydrogen (secondary N) is 1. The summed E-state index contributed by atoms with van der Waals surface area (Å²) in [7, 11) is -3.73. The molecule has 6 heteroatoms. The molecule has 2 aromatic carbocycles. The molecular formula is C14H14ClNO3S. The van der Waals surface area contributed by atoms with Crippen molar-refractivity contribution in [2.45, 2.75) is 18.7 Å². The van der Waals surface area contributed by atoms with E-state index in [-0.39, 0.29) is 21.4 Å². The van der Waals surface area contributed by atoms with Gasteiger partial charge in [0.15, 0.2) is 0 Å². The van der Waals surface area contributed by atoms with E-state index < -0.39 is 10.0 Å². The van der Waals surface area contributed by atoms with E-state index in [9.17, 15) is 13.5 Å². The fourth-order valence-corrected chi connectivity index (χ4v) is 3.05. The van der Waals surface area contributed by atoms with E-state index in [0.717, 1.165) is 5.56 Å². The zero-order valence-electron chi connectivity index (χ0n) is 11.0. The molecule has 0 heterocycles. The Morgan fingerprint density at radius 3 is 2.30 bits per heavy atom. The van der Waals surface area contributed by atoms with Gasteiger partial charge in [-0.3, -0.25) is 4.72 Å². The molecule has 2 rings (SSSR count). The first kappa shape index (κ1) is 14.7. The minimum atomic E-state index is -3.73. The number of aryl methyl sites for hydroxylation is 2. The highest BCUT2D eigenvalue weighted by molar-refractivity contribution is 7.92. The fourth-order valence-electron chi connectivity index (χ4n) is 1.66. The van der Waals surface area contributed by atoms with E-state index in [0.29, 0.717) is 5.56 Å². The van der Waals surface area contributed by atoms with Crippen LogP contribution in [0.1, 0.15) is 11.1 Å². The Hall–Kier alpha value is -1.72. The van der Waals surface area contributed by atoms with E-state index in [2.05, 4.69) is 4.72 Å². The Labute approximate surface area is 123 Å². The first-order chi connectivity index (χ1) is 9.29. The van der Waals surface area contributed by atoms with Crippen molar-refractivity contribution in [2.75, 3.05) is 4.72 Å². The van der Waals surface area contributed by atoms with Crippen LogP contribution in [0.5, 0.6) is 5.75 Å². The first-order valence-corrected chi connectivity index (χ1v) is 7.74. The molecule has 0 aromatic heterocycles. The van der Waals surface area contributed by atoms with Crippen LogP contribution >= 0.6 is 11.6 Å². The number of benzene rings is 2. The number of anilines is 1. The molecular weight excluding hydrogens is 298 g/mol. The van der Waals surface area contributed by atoms with E-state index in [4.69, 9.17) is 11.6 Å². The van der Waals surface area contributed by atoms with E-state index in [1.807, 2.05) is 6.92 Å². The highest BCUT2D eigenvalue weighted by atomic mass is 35.5. The van der Waals surface area contributed by atoms with Crippen LogP contribution in [0.15, 0.2) is 41.3 Å². The first-order valence-electron chi connectivity index (χ1n) is 5.88. The van der Waals surface area contributed by atoms with Crippen LogP contribution in [-0.4, -0.2) is 13.5 Å². The highest BCUT2D eigenvalue weighted by Gasteiger charge is 2.16. The Morgan fingerprint density at radius 1 is 1.10 bits per heavy atom. The van der Waals surface area contributed by atoms with Crippen LogP contribution in [0, 0.1) is 13.8 Å². The van der Waals surface area contributed by atoms with Crippen molar-refractivity contribution in [2.24, 2.45) is 0 Å². The minimum absolute atomic E-state index is 0.0176. The molecule has 0 saturated heterocycles. The molecule has 106 valence electrons. The van der Waals surface area contributed by atoms with Crippen molar-refractivity contribution in [3.8, 4) is 5.75 Å². The SMILES string of the molecule is Cc1ccc(S(=O)(=O)Nc2cc(O)c(C)cc2Cl)cc1. The standard InChI is InChI=1S/C14H14ClNO3S/c1-9-3-5-11(6-4-9)20(18,19)16-13-8-14(17)10(2)7-12(13)15/h3-8,16-17H,1-2H3. The molecule has 0 bridgehead atoms. The molecule has 0 amide bonds. The van der Waals surface area contributed by atoms with Crippen molar-refractivity contribution in [1.82, 2.24) is 0 Å². The summed E-state index contributed by atoms with van der Waals surface area (Å²) in [5.74, 6) is -0.0176. The van der Waals surface area contributed by atoms with Crippen molar-refractivity contribution in [3.63, 3.8) is 0 Å². The minimum Gasteiger partial charge on any atom is -0.508 e. The summed E-state index contributed by atoms with van der Waals surface area (Å²) >= 11 is 5.98. The number of sulfonamides is 1. The van der Waals surface area contributed by atoms with Crippen molar-refractivity contribution in [3.05, 3.63) is 52.5 Å². The second-order valence-corrected chi connectivity index (χ2v) is 6.63. The van der Waals surface area contributed by atoms with Crippen molar-refractivity contribution < 1.29 is 13.5 Å². The zero-order chi connectivity index (χ0) is 14.9. The normalized spacial score (nSPS) is 11.3. The summed E-state index contributed by atoms with van der Waals surface area (Å²) in [6, 6.07) is 9.25. The van der Waals surface area contributed by atoms with Crippen molar-refractivity contribution >= 4 is 27.3 Å². The van der Waals surface area contributed by atoms with Gasteiger partial charge in [-0.05, 0) is 37.6 Å². The van der Waals surface area contributed by atoms with Crippen LogP contribution < -0.4 is 4.72 Å². The topological polar surface area (TPSA) is 66.4 Å². The summed E-state index contributed by atoms with van der Waals surface area (Å²) in [4.78, 5) is 0.138. The molecule has 0 aliphatic heterocycles. The smallest absolute Gasteiger partial charge is 0.261 e. The molecule has 0 radical (unpaired) electrons. The second-order valence-electron chi connectivity index (χ2n) is 4.54. The largest absolute Gasteiger partial charge is 0.508 e. The molecule has 0 spiro atoms. The number of phenols is 1. The lowest BCUT2D eigenvalue weighted by Gasteiger charge is -2.11. The Morgan fingerprint density at radius 2 is 1.70 bits per heavy atom. The van der Waals surface area contributed by atoms with Gasteiger partial charge in [0, 0.05) is 6.07 Å². The van der Waals surface area contributed by atoms with Gasteiger partial charge in [0.1, 0.15) is 5.75 Å². The second kappa shape index (κ2) is 5.34. The number of phenolic OH excluding ortho intramolecular Hbond substituents is 1. The van der Waals surface area contributed by atoms with E-state index in [1.165, 1.54) is 24.3 Å². The molecule has 4 nitrogen and oxygen atoms in total. The van der Waals surface area contributed by atoms with Crippen LogP contribution in [0.3, 0.4) is 0 Å². The molecule has 0 unspecified atom stereocenters. The predicted molar refractivity (Wildman–Crippen MR) is 79.8 cm³/mol. The highest BCUT2D eigenvalue weighted by Crippen LogP contribution is 2.31. The lowest BCUT2D eigenvalue weighted by molar-refractivity contribution is 0.471. The summed E-state index contributed by atoms with van der Waals surface area (Å²) in [6.07, 6.45) is 0. The summed E-state index contributed by atoms with van der Waals surface area (Å²) in [5, 5.41) is 9.87. The maximum atomic E-state index is 12.2. The Balaban J connectivity index is 2.38. The number of rotatable bonds is 3. The van der Waals surface area contributed by atoms with Crippen LogP contribution in [0.2, 0.25) is 5.02 Å². The maximum Gasteiger partial charge on any atom is 0.261 e. The monoisotopic (exact) mass is 311 g/mol. The lowest BCUT2D eigenvalue weighted by atomic mass is 10.2. The Bertz CT molecular complexity index is 740. The quantitative estimate of drug-likeness (QED) is 0.912. The molecule has 0 aliphatic rings. The molecule has 0 atom stereocenters. The molecule has 0 aliphatic carbocycles. The lowest BCUT2D eigenvalue weighted by Crippen LogP contribution is -2.13. The third-order valence-electron chi connectivity index (χ3n) is 2.86. The van der Waals surface area contributed by atoms with Crippen LogP contribution in [0.25, 0.3) is 0 Å². The van der Waals surface area contributed by atoms with Gasteiger partial charge in [0.25, 0.3) is 10.0 Å². The van der Waals surface area contributed by atoms with Crippen molar-refractivity contribution in [1.29, 1.82) is 0 Å². The van der Waals surface area contributed by atoms with Crippen LogP contribution in [0.4, 0.5) is 5.69 Å². The van der Waals surface area contributed by atoms with Gasteiger partial charge in [-0.2, -0.15) is 0 Å². The number of hydrogen-bond acceptors (Lipinski definition) is 3. The number of halogens is 1. The molecule has 2 aromatic rings. The molecule has 0 fully saturated rings. The van der Waals surface area contributed by atoms with Crippen LogP contribution in [-0.2, 0) is 10.0 Å². The Kier molecular flexibility index (Phi) is 3.92. The van der Waals surface area contributed by atoms with Gasteiger partial charge >= 0.3 is 0 Å². The zero-order valence-corrected chi connectivity index (χ0v) is 12.6. The third-order valence-corrected chi connectivity index (χ3v) is 4.56. The molecule has 0 saturated carbocycles. The van der Waals surface area contributed by atoms with E-state index in [1.54, 1.807) is 19.1 Å². The number of aromatic hydroxyl groups is 1.